The third kappa shape index (κ3) is 3.01. The molecule has 0 saturated carbocycles. The Balaban J connectivity index is 1.58. The van der Waals surface area contributed by atoms with Crippen LogP contribution in [0.5, 0.6) is 0 Å². The molecular weight excluding hydrogens is 344 g/mol. The first-order valence-electron chi connectivity index (χ1n) is 9.20. The monoisotopic (exact) mass is 362 g/mol. The number of nitrogens with one attached hydrogen (secondary N) is 1. The Labute approximate surface area is 163 Å². The minimum Gasteiger partial charge on any atom is -0.340 e. The van der Waals surface area contributed by atoms with Gasteiger partial charge >= 0.3 is 0 Å². The van der Waals surface area contributed by atoms with Crippen LogP contribution in [-0.2, 0) is 0 Å². The van der Waals surface area contributed by atoms with Crippen molar-refractivity contribution < 1.29 is 0 Å². The maximum absolute atomic E-state index is 4.79. The summed E-state index contributed by atoms with van der Waals surface area (Å²) in [5.41, 5.74) is 5.91. The van der Waals surface area contributed by atoms with Gasteiger partial charge < -0.3 is 5.32 Å². The summed E-state index contributed by atoms with van der Waals surface area (Å²) >= 11 is 0. The molecule has 0 amide bonds. The lowest BCUT2D eigenvalue weighted by Gasteiger charge is -2.20. The summed E-state index contributed by atoms with van der Waals surface area (Å²) in [5.74, 6) is 0.970. The van der Waals surface area contributed by atoms with Crippen LogP contribution < -0.4 is 10.2 Å². The van der Waals surface area contributed by atoms with Gasteiger partial charge in [0.2, 0.25) is 0 Å². The molecule has 4 nitrogen and oxygen atoms in total. The lowest BCUT2D eigenvalue weighted by atomic mass is 10.2. The normalized spacial score (nSPS) is 14.0. The predicted molar refractivity (Wildman–Crippen MR) is 114 cm³/mol. The van der Waals surface area contributed by atoms with Crippen LogP contribution in [0.25, 0.3) is 17.5 Å². The average molecular weight is 362 g/mol. The summed E-state index contributed by atoms with van der Waals surface area (Å²) in [7, 11) is 0. The zero-order valence-corrected chi connectivity index (χ0v) is 15.2. The molecule has 5 rings (SSSR count). The molecule has 4 heteroatoms. The molecule has 0 atom stereocenters. The summed E-state index contributed by atoms with van der Waals surface area (Å²) in [6, 6.07) is 30.5. The first-order chi connectivity index (χ1) is 13.9. The van der Waals surface area contributed by atoms with E-state index >= 15 is 0 Å². The van der Waals surface area contributed by atoms with Crippen LogP contribution in [0.1, 0.15) is 5.69 Å². The maximum Gasteiger partial charge on any atom is 0.117 e. The smallest absolute Gasteiger partial charge is 0.117 e. The molecule has 28 heavy (non-hydrogen) atoms. The second kappa shape index (κ2) is 7.00. The highest BCUT2D eigenvalue weighted by Gasteiger charge is 2.24. The zero-order chi connectivity index (χ0) is 18.8. The van der Waals surface area contributed by atoms with Crippen LogP contribution in [0.3, 0.4) is 0 Å². The number of pyridine rings is 2. The van der Waals surface area contributed by atoms with E-state index < -0.39 is 0 Å². The Morgan fingerprint density at radius 3 is 2.36 bits per heavy atom. The van der Waals surface area contributed by atoms with Gasteiger partial charge in [0, 0.05) is 18.0 Å². The zero-order valence-electron chi connectivity index (χ0n) is 15.2. The highest BCUT2D eigenvalue weighted by atomic mass is 15.3. The molecule has 0 bridgehead atoms. The summed E-state index contributed by atoms with van der Waals surface area (Å²) in [6.07, 6.45) is 3.86. The summed E-state index contributed by atoms with van der Waals surface area (Å²) in [6.45, 7) is 0. The van der Waals surface area contributed by atoms with E-state index in [1.54, 1.807) is 6.20 Å². The SMILES string of the molecule is C(=C1/Nc2ccccc2N1c1ccccc1)/c1cccc(-c2ccccn2)n1. The molecule has 0 radical (unpaired) electrons. The second-order valence-corrected chi connectivity index (χ2v) is 6.51. The van der Waals surface area contributed by atoms with Crippen LogP contribution in [0.15, 0.2) is 103 Å². The number of benzene rings is 2. The minimum atomic E-state index is 0.858. The van der Waals surface area contributed by atoms with Gasteiger partial charge in [-0.3, -0.25) is 9.88 Å². The van der Waals surface area contributed by atoms with Gasteiger partial charge in [-0.15, -0.1) is 0 Å². The molecule has 0 spiro atoms. The lowest BCUT2D eigenvalue weighted by Crippen LogP contribution is -2.14. The number of para-hydroxylation sites is 3. The highest BCUT2D eigenvalue weighted by molar-refractivity contribution is 5.89. The number of nitrogens with zero attached hydrogens (tertiary/aromatic N) is 3. The molecule has 0 fully saturated rings. The minimum absolute atomic E-state index is 0.858. The molecule has 1 N–H and O–H groups in total. The van der Waals surface area contributed by atoms with E-state index in [0.29, 0.717) is 0 Å². The van der Waals surface area contributed by atoms with E-state index in [2.05, 4.69) is 51.6 Å². The van der Waals surface area contributed by atoms with E-state index in [0.717, 1.165) is 40.0 Å². The fourth-order valence-electron chi connectivity index (χ4n) is 3.38. The van der Waals surface area contributed by atoms with E-state index in [9.17, 15) is 0 Å². The van der Waals surface area contributed by atoms with Crippen molar-refractivity contribution in [2.24, 2.45) is 0 Å². The van der Waals surface area contributed by atoms with Crippen molar-refractivity contribution in [1.29, 1.82) is 0 Å². The molecule has 0 saturated heterocycles. The van der Waals surface area contributed by atoms with E-state index in [4.69, 9.17) is 4.98 Å². The fourth-order valence-corrected chi connectivity index (χ4v) is 3.38. The topological polar surface area (TPSA) is 41.0 Å². The Morgan fingerprint density at radius 1 is 0.714 bits per heavy atom. The highest BCUT2D eigenvalue weighted by Crippen LogP contribution is 2.41. The van der Waals surface area contributed by atoms with Crippen LogP contribution in [0.4, 0.5) is 17.1 Å². The lowest BCUT2D eigenvalue weighted by molar-refractivity contribution is 1.21. The van der Waals surface area contributed by atoms with Gasteiger partial charge in [0.1, 0.15) is 5.82 Å². The van der Waals surface area contributed by atoms with Crippen molar-refractivity contribution in [2.75, 3.05) is 10.2 Å². The Kier molecular flexibility index (Phi) is 4.07. The molecule has 3 heterocycles. The molecule has 1 aliphatic rings. The standard InChI is InChI=1S/C24H18N4/c1-2-10-19(11-3-1)28-23-15-5-4-13-22(23)27-24(28)17-18-9-8-14-21(26-18)20-12-6-7-16-25-20/h1-17,27H/b24-17+. The first kappa shape index (κ1) is 16.3. The average Bonchev–Trinajstić information content (AvgIpc) is 3.13. The van der Waals surface area contributed by atoms with Crippen LogP contribution >= 0.6 is 0 Å². The quantitative estimate of drug-likeness (QED) is 0.507. The van der Waals surface area contributed by atoms with Crippen molar-refractivity contribution >= 4 is 23.1 Å². The van der Waals surface area contributed by atoms with Crippen molar-refractivity contribution in [3.8, 4) is 11.4 Å². The van der Waals surface area contributed by atoms with Gasteiger partial charge in [-0.1, -0.05) is 42.5 Å². The van der Waals surface area contributed by atoms with Gasteiger partial charge in [-0.2, -0.15) is 0 Å². The third-order valence-corrected chi connectivity index (χ3v) is 4.65. The van der Waals surface area contributed by atoms with Crippen molar-refractivity contribution in [3.05, 3.63) is 109 Å². The van der Waals surface area contributed by atoms with Crippen molar-refractivity contribution in [3.63, 3.8) is 0 Å². The summed E-state index contributed by atoms with van der Waals surface area (Å²) in [4.78, 5) is 11.4. The number of rotatable bonds is 3. The van der Waals surface area contributed by atoms with Gasteiger partial charge in [0.25, 0.3) is 0 Å². The third-order valence-electron chi connectivity index (χ3n) is 4.65. The molecular formula is C24H18N4. The van der Waals surface area contributed by atoms with Crippen LogP contribution in [-0.4, -0.2) is 9.97 Å². The molecule has 2 aromatic heterocycles. The van der Waals surface area contributed by atoms with E-state index in [1.165, 1.54) is 0 Å². The van der Waals surface area contributed by atoms with Gasteiger partial charge in [0.05, 0.1) is 28.5 Å². The molecule has 4 aromatic rings. The van der Waals surface area contributed by atoms with E-state index in [-0.39, 0.29) is 0 Å². The van der Waals surface area contributed by atoms with E-state index in [1.807, 2.05) is 60.7 Å². The summed E-state index contributed by atoms with van der Waals surface area (Å²) < 4.78 is 0. The van der Waals surface area contributed by atoms with Gasteiger partial charge in [0.15, 0.2) is 0 Å². The Bertz CT molecular complexity index is 1140. The predicted octanol–water partition coefficient (Wildman–Crippen LogP) is 5.71. The number of hydrogen-bond acceptors (Lipinski definition) is 4. The maximum atomic E-state index is 4.79. The molecule has 134 valence electrons. The largest absolute Gasteiger partial charge is 0.340 e. The van der Waals surface area contributed by atoms with Crippen LogP contribution in [0.2, 0.25) is 0 Å². The molecule has 2 aromatic carbocycles. The van der Waals surface area contributed by atoms with Crippen molar-refractivity contribution in [1.82, 2.24) is 9.97 Å². The Hall–Kier alpha value is -3.92. The molecule has 0 unspecified atom stereocenters. The number of aromatic nitrogens is 2. The number of anilines is 3. The molecule has 0 aliphatic carbocycles. The Morgan fingerprint density at radius 2 is 1.50 bits per heavy atom. The second-order valence-electron chi connectivity index (χ2n) is 6.51. The number of hydrogen-bond donors (Lipinski definition) is 1. The fraction of sp³-hybridized carbons (Fsp3) is 0. The van der Waals surface area contributed by atoms with Crippen LogP contribution in [0, 0.1) is 0 Å². The van der Waals surface area contributed by atoms with Gasteiger partial charge in [-0.25, -0.2) is 4.98 Å². The van der Waals surface area contributed by atoms with Gasteiger partial charge in [-0.05, 0) is 48.5 Å². The summed E-state index contributed by atoms with van der Waals surface area (Å²) in [5, 5.41) is 3.52. The van der Waals surface area contributed by atoms with Crippen molar-refractivity contribution in [2.45, 2.75) is 0 Å². The molecule has 1 aliphatic heterocycles. The number of fused-ring (bicyclic) bond motifs is 1. The first-order valence-corrected chi connectivity index (χ1v) is 9.20.